The van der Waals surface area contributed by atoms with Crippen molar-refractivity contribution in [2.24, 2.45) is 5.84 Å². The molecule has 0 aliphatic rings. The molecule has 5 heteroatoms. The average Bonchev–Trinajstić information content (AvgIpc) is 2.97. The van der Waals surface area contributed by atoms with E-state index in [0.717, 1.165) is 16.6 Å². The summed E-state index contributed by atoms with van der Waals surface area (Å²) in [5.74, 6) is 5.86. The number of anilines is 1. The standard InChI is InChI=1S/C16H14N4O/c17-10-5-11-20(18)16-19-15-13(8-4-9-14(15)21-16)12-6-2-1-3-7-12/h1-4,6-9H,5,11,18H2. The molecule has 0 bridgehead atoms. The van der Waals surface area contributed by atoms with Crippen LogP contribution in [-0.4, -0.2) is 11.5 Å². The van der Waals surface area contributed by atoms with E-state index in [1.54, 1.807) is 0 Å². The molecule has 3 rings (SSSR count). The van der Waals surface area contributed by atoms with Crippen molar-refractivity contribution in [3.63, 3.8) is 0 Å². The molecule has 0 amide bonds. The van der Waals surface area contributed by atoms with Crippen molar-refractivity contribution in [3.05, 3.63) is 48.5 Å². The molecule has 0 atom stereocenters. The first-order chi connectivity index (χ1) is 10.3. The van der Waals surface area contributed by atoms with Crippen molar-refractivity contribution in [1.82, 2.24) is 4.98 Å². The van der Waals surface area contributed by atoms with Crippen LogP contribution < -0.4 is 10.9 Å². The number of nitriles is 1. The first-order valence-corrected chi connectivity index (χ1v) is 6.64. The molecule has 0 aliphatic carbocycles. The van der Waals surface area contributed by atoms with E-state index in [1.165, 1.54) is 5.01 Å². The minimum Gasteiger partial charge on any atom is -0.422 e. The Labute approximate surface area is 122 Å². The second kappa shape index (κ2) is 5.65. The molecule has 3 aromatic rings. The summed E-state index contributed by atoms with van der Waals surface area (Å²) in [6.45, 7) is 0.379. The number of nitrogens with zero attached hydrogens (tertiary/aromatic N) is 3. The zero-order valence-electron chi connectivity index (χ0n) is 11.4. The lowest BCUT2D eigenvalue weighted by Gasteiger charge is -2.10. The third-order valence-corrected chi connectivity index (χ3v) is 3.20. The fourth-order valence-electron chi connectivity index (χ4n) is 2.18. The van der Waals surface area contributed by atoms with Gasteiger partial charge in [-0.05, 0) is 11.6 Å². The Morgan fingerprint density at radius 3 is 2.71 bits per heavy atom. The van der Waals surface area contributed by atoms with Gasteiger partial charge in [-0.15, -0.1) is 0 Å². The van der Waals surface area contributed by atoms with Crippen molar-refractivity contribution in [1.29, 1.82) is 5.26 Å². The van der Waals surface area contributed by atoms with E-state index in [9.17, 15) is 0 Å². The fourth-order valence-corrected chi connectivity index (χ4v) is 2.18. The maximum Gasteiger partial charge on any atom is 0.313 e. The molecule has 2 aromatic carbocycles. The van der Waals surface area contributed by atoms with Crippen molar-refractivity contribution in [2.45, 2.75) is 6.42 Å². The van der Waals surface area contributed by atoms with Crippen LogP contribution in [0.3, 0.4) is 0 Å². The largest absolute Gasteiger partial charge is 0.422 e. The number of hydrogen-bond acceptors (Lipinski definition) is 5. The Morgan fingerprint density at radius 1 is 1.14 bits per heavy atom. The molecule has 1 heterocycles. The molecule has 2 N–H and O–H groups in total. The quantitative estimate of drug-likeness (QED) is 0.586. The highest BCUT2D eigenvalue weighted by molar-refractivity contribution is 5.91. The first kappa shape index (κ1) is 13.2. The molecule has 1 aromatic heterocycles. The van der Waals surface area contributed by atoms with Crippen molar-refractivity contribution in [2.75, 3.05) is 11.6 Å². The van der Waals surface area contributed by atoms with Gasteiger partial charge in [0.05, 0.1) is 19.0 Å². The zero-order chi connectivity index (χ0) is 14.7. The van der Waals surface area contributed by atoms with Gasteiger partial charge >= 0.3 is 6.01 Å². The van der Waals surface area contributed by atoms with Crippen LogP contribution in [0.25, 0.3) is 22.2 Å². The molecule has 21 heavy (non-hydrogen) atoms. The number of oxazole rings is 1. The monoisotopic (exact) mass is 278 g/mol. The number of hydrogen-bond donors (Lipinski definition) is 1. The first-order valence-electron chi connectivity index (χ1n) is 6.64. The molecule has 0 aliphatic heterocycles. The van der Waals surface area contributed by atoms with Crippen molar-refractivity contribution >= 4 is 17.1 Å². The van der Waals surface area contributed by atoms with Crippen LogP contribution in [0.5, 0.6) is 0 Å². The molecule has 0 saturated heterocycles. The van der Waals surface area contributed by atoms with Gasteiger partial charge in [0, 0.05) is 5.56 Å². The highest BCUT2D eigenvalue weighted by Crippen LogP contribution is 2.30. The molecule has 0 spiro atoms. The predicted molar refractivity (Wildman–Crippen MR) is 81.2 cm³/mol. The van der Waals surface area contributed by atoms with Gasteiger partial charge in [0.25, 0.3) is 0 Å². The Morgan fingerprint density at radius 2 is 1.95 bits per heavy atom. The van der Waals surface area contributed by atoms with E-state index in [2.05, 4.69) is 4.98 Å². The second-order valence-corrected chi connectivity index (χ2v) is 4.62. The van der Waals surface area contributed by atoms with Gasteiger partial charge < -0.3 is 4.42 Å². The SMILES string of the molecule is N#CCCN(N)c1nc2c(-c3ccccc3)cccc2o1. The average molecular weight is 278 g/mol. The molecular formula is C16H14N4O. The summed E-state index contributed by atoms with van der Waals surface area (Å²) in [4.78, 5) is 4.47. The third-order valence-electron chi connectivity index (χ3n) is 3.20. The predicted octanol–water partition coefficient (Wildman–Crippen LogP) is 3.09. The number of benzene rings is 2. The van der Waals surface area contributed by atoms with E-state index >= 15 is 0 Å². The second-order valence-electron chi connectivity index (χ2n) is 4.62. The minimum atomic E-state index is 0.320. The lowest BCUT2D eigenvalue weighted by atomic mass is 10.0. The lowest BCUT2D eigenvalue weighted by molar-refractivity contribution is 0.573. The molecule has 0 radical (unpaired) electrons. The van der Waals surface area contributed by atoms with Gasteiger partial charge in [-0.25, -0.2) is 5.84 Å². The summed E-state index contributed by atoms with van der Waals surface area (Å²) in [5, 5.41) is 9.97. The number of nitrogens with two attached hydrogens (primary N) is 1. The summed E-state index contributed by atoms with van der Waals surface area (Å²) < 4.78 is 5.67. The van der Waals surface area contributed by atoms with E-state index in [-0.39, 0.29) is 0 Å². The maximum absolute atomic E-state index is 8.61. The lowest BCUT2D eigenvalue weighted by Crippen LogP contribution is -2.31. The minimum absolute atomic E-state index is 0.320. The summed E-state index contributed by atoms with van der Waals surface area (Å²) in [6, 6.07) is 18.1. The van der Waals surface area contributed by atoms with Crippen LogP contribution in [0.1, 0.15) is 6.42 Å². The number of para-hydroxylation sites is 1. The maximum atomic E-state index is 8.61. The number of hydrazine groups is 1. The van der Waals surface area contributed by atoms with Crippen LogP contribution in [0.2, 0.25) is 0 Å². The summed E-state index contributed by atoms with van der Waals surface area (Å²) in [7, 11) is 0. The molecule has 0 unspecified atom stereocenters. The van der Waals surface area contributed by atoms with Crippen LogP contribution in [0.15, 0.2) is 52.9 Å². The van der Waals surface area contributed by atoms with Crippen LogP contribution in [0.4, 0.5) is 6.01 Å². The van der Waals surface area contributed by atoms with Crippen molar-refractivity contribution in [3.8, 4) is 17.2 Å². The number of fused-ring (bicyclic) bond motifs is 1. The van der Waals surface area contributed by atoms with Crippen LogP contribution in [-0.2, 0) is 0 Å². The molecular weight excluding hydrogens is 264 g/mol. The van der Waals surface area contributed by atoms with Gasteiger partial charge in [-0.1, -0.05) is 42.5 Å². The highest BCUT2D eigenvalue weighted by atomic mass is 16.4. The fraction of sp³-hybridized carbons (Fsp3) is 0.125. The zero-order valence-corrected chi connectivity index (χ0v) is 11.4. The van der Waals surface area contributed by atoms with E-state index in [0.29, 0.717) is 24.6 Å². The Hall–Kier alpha value is -2.84. The van der Waals surface area contributed by atoms with Crippen LogP contribution in [0, 0.1) is 11.3 Å². The number of rotatable bonds is 4. The Bertz CT molecular complexity index is 789. The van der Waals surface area contributed by atoms with Gasteiger partial charge in [0.2, 0.25) is 0 Å². The van der Waals surface area contributed by atoms with Crippen molar-refractivity contribution < 1.29 is 4.42 Å². The molecule has 0 fully saturated rings. The van der Waals surface area contributed by atoms with Gasteiger partial charge in [-0.3, -0.25) is 5.01 Å². The van der Waals surface area contributed by atoms with E-state index < -0.39 is 0 Å². The Kier molecular flexibility index (Phi) is 3.54. The van der Waals surface area contributed by atoms with Gasteiger partial charge in [0.15, 0.2) is 5.58 Å². The van der Waals surface area contributed by atoms with Gasteiger partial charge in [-0.2, -0.15) is 10.2 Å². The number of aromatic nitrogens is 1. The summed E-state index contributed by atoms with van der Waals surface area (Å²) in [5.41, 5.74) is 3.52. The Balaban J connectivity index is 2.04. The highest BCUT2D eigenvalue weighted by Gasteiger charge is 2.14. The smallest absolute Gasteiger partial charge is 0.313 e. The normalized spacial score (nSPS) is 10.5. The van der Waals surface area contributed by atoms with Gasteiger partial charge in [0.1, 0.15) is 5.52 Å². The van der Waals surface area contributed by atoms with Crippen LogP contribution >= 0.6 is 0 Å². The third kappa shape index (κ3) is 2.57. The van der Waals surface area contributed by atoms with E-state index in [4.69, 9.17) is 15.5 Å². The summed E-state index contributed by atoms with van der Waals surface area (Å²) in [6.07, 6.45) is 0.320. The molecule has 104 valence electrons. The summed E-state index contributed by atoms with van der Waals surface area (Å²) >= 11 is 0. The topological polar surface area (TPSA) is 79.1 Å². The molecule has 0 saturated carbocycles. The van der Waals surface area contributed by atoms with E-state index in [1.807, 2.05) is 54.6 Å². The molecule has 5 nitrogen and oxygen atoms in total.